The topological polar surface area (TPSA) is 60.4 Å². The molecule has 0 spiro atoms. The molecule has 1 aromatic carbocycles. The van der Waals surface area contributed by atoms with E-state index in [0.717, 1.165) is 0 Å². The second kappa shape index (κ2) is 4.19. The number of benzene rings is 1. The summed E-state index contributed by atoms with van der Waals surface area (Å²) in [5.41, 5.74) is 0.00778. The maximum absolute atomic E-state index is 10.8. The van der Waals surface area contributed by atoms with Gasteiger partial charge in [-0.15, -0.1) is 0 Å². The van der Waals surface area contributed by atoms with Gasteiger partial charge in [-0.1, -0.05) is 11.6 Å². The van der Waals surface area contributed by atoms with Gasteiger partial charge in [-0.2, -0.15) is 0 Å². The summed E-state index contributed by atoms with van der Waals surface area (Å²) in [4.78, 5) is 10.6. The van der Waals surface area contributed by atoms with Crippen molar-refractivity contribution >= 4 is 38.6 Å². The Morgan fingerprint density at radius 1 is 1.54 bits per heavy atom. The second-order valence-electron chi connectivity index (χ2n) is 2.17. The fourth-order valence-electron chi connectivity index (χ4n) is 0.759. The molecule has 1 N–H and O–H groups in total. The van der Waals surface area contributed by atoms with Gasteiger partial charge in [-0.05, 0) is 12.1 Å². The first kappa shape index (κ1) is 10.7. The molecule has 1 rings (SSSR count). The molecule has 0 aromatic heterocycles. The van der Waals surface area contributed by atoms with Gasteiger partial charge >= 0.3 is 5.97 Å². The van der Waals surface area contributed by atoms with Gasteiger partial charge in [0.2, 0.25) is 0 Å². The summed E-state index contributed by atoms with van der Waals surface area (Å²) >= 11 is 5.63. The number of hydrogen-bond acceptors (Lipinski definition) is 2. The highest BCUT2D eigenvalue weighted by molar-refractivity contribution is 8.13. The van der Waals surface area contributed by atoms with Crippen LogP contribution in [0.3, 0.4) is 0 Å². The van der Waals surface area contributed by atoms with Crippen LogP contribution in [-0.2, 0) is 10.4 Å². The SMILES string of the molecule is O=C(O)c1ccc(Cl)c([S+]([O-])Cl)c1. The molecule has 13 heavy (non-hydrogen) atoms. The van der Waals surface area contributed by atoms with Crippen LogP contribution in [0.5, 0.6) is 0 Å². The minimum absolute atomic E-state index is 0.00778. The second-order valence-corrected chi connectivity index (χ2v) is 4.31. The van der Waals surface area contributed by atoms with E-state index in [2.05, 4.69) is 0 Å². The Labute approximate surface area is 87.0 Å². The molecule has 0 saturated carbocycles. The lowest BCUT2D eigenvalue weighted by Gasteiger charge is -2.02. The Morgan fingerprint density at radius 2 is 2.15 bits per heavy atom. The summed E-state index contributed by atoms with van der Waals surface area (Å²) in [6.45, 7) is 0. The van der Waals surface area contributed by atoms with Crippen LogP contribution in [0.25, 0.3) is 0 Å². The van der Waals surface area contributed by atoms with Gasteiger partial charge in [0, 0.05) is 6.07 Å². The highest BCUT2D eigenvalue weighted by Crippen LogP contribution is 2.25. The molecule has 1 atom stereocenters. The quantitative estimate of drug-likeness (QED) is 0.805. The first-order chi connectivity index (χ1) is 6.02. The molecule has 1 unspecified atom stereocenters. The van der Waals surface area contributed by atoms with Crippen molar-refractivity contribution in [3.63, 3.8) is 0 Å². The number of rotatable bonds is 2. The van der Waals surface area contributed by atoms with Crippen LogP contribution in [0, 0.1) is 0 Å². The molecule has 0 radical (unpaired) electrons. The number of halogens is 2. The average molecular weight is 239 g/mol. The maximum atomic E-state index is 10.8. The zero-order chi connectivity index (χ0) is 10.0. The number of hydrogen-bond donors (Lipinski definition) is 1. The van der Waals surface area contributed by atoms with E-state index >= 15 is 0 Å². The van der Waals surface area contributed by atoms with Crippen LogP contribution in [0.15, 0.2) is 23.1 Å². The summed E-state index contributed by atoms with van der Waals surface area (Å²) in [6, 6.07) is 3.85. The third-order valence-electron chi connectivity index (χ3n) is 1.35. The molecular weight excluding hydrogens is 235 g/mol. The van der Waals surface area contributed by atoms with E-state index in [1.54, 1.807) is 0 Å². The molecule has 0 aliphatic rings. The van der Waals surface area contributed by atoms with E-state index in [1.165, 1.54) is 18.2 Å². The van der Waals surface area contributed by atoms with Crippen molar-refractivity contribution in [3.8, 4) is 0 Å². The third kappa shape index (κ3) is 2.51. The molecule has 0 aliphatic heterocycles. The van der Waals surface area contributed by atoms with E-state index in [1.807, 2.05) is 0 Å². The average Bonchev–Trinajstić information content (AvgIpc) is 2.04. The van der Waals surface area contributed by atoms with E-state index in [9.17, 15) is 9.35 Å². The zero-order valence-electron chi connectivity index (χ0n) is 6.16. The van der Waals surface area contributed by atoms with Crippen LogP contribution in [0.2, 0.25) is 5.02 Å². The van der Waals surface area contributed by atoms with Gasteiger partial charge in [-0.3, -0.25) is 0 Å². The number of aromatic carboxylic acids is 1. The van der Waals surface area contributed by atoms with E-state index < -0.39 is 16.4 Å². The Bertz CT molecular complexity index is 341. The summed E-state index contributed by atoms with van der Waals surface area (Å²) in [7, 11) is 3.49. The van der Waals surface area contributed by atoms with Crippen LogP contribution in [-0.4, -0.2) is 15.6 Å². The number of carbonyl (C=O) groups is 1. The number of carboxylic acids is 1. The van der Waals surface area contributed by atoms with E-state index in [4.69, 9.17) is 27.4 Å². The van der Waals surface area contributed by atoms with Crippen molar-refractivity contribution < 1.29 is 14.5 Å². The predicted octanol–water partition coefficient (Wildman–Crippen LogP) is 2.30. The molecule has 0 bridgehead atoms. The summed E-state index contributed by atoms with van der Waals surface area (Å²) < 4.78 is 10.8. The Balaban J connectivity index is 3.19. The molecule has 3 nitrogen and oxygen atoms in total. The van der Waals surface area contributed by atoms with E-state index in [-0.39, 0.29) is 15.5 Å². The van der Waals surface area contributed by atoms with Crippen molar-refractivity contribution in [1.82, 2.24) is 0 Å². The normalized spacial score (nSPS) is 12.5. The maximum Gasteiger partial charge on any atom is 0.335 e. The highest BCUT2D eigenvalue weighted by Gasteiger charge is 2.16. The van der Waals surface area contributed by atoms with Gasteiger partial charge in [-0.25, -0.2) is 4.79 Å². The minimum atomic E-state index is -1.79. The minimum Gasteiger partial charge on any atom is -0.594 e. The van der Waals surface area contributed by atoms with Crippen LogP contribution < -0.4 is 0 Å². The van der Waals surface area contributed by atoms with Crippen molar-refractivity contribution in [2.75, 3.05) is 0 Å². The lowest BCUT2D eigenvalue weighted by molar-refractivity contribution is 0.0696. The zero-order valence-corrected chi connectivity index (χ0v) is 8.49. The summed E-state index contributed by atoms with van der Waals surface area (Å²) in [5, 5.41) is 8.79. The summed E-state index contributed by atoms with van der Waals surface area (Å²) in [6.07, 6.45) is 0. The standard InChI is InChI=1S/C7H4Cl2O3S/c8-5-2-1-4(7(10)11)3-6(5)13(9)12/h1-3H,(H,10,11). The predicted molar refractivity (Wildman–Crippen MR) is 50.7 cm³/mol. The molecule has 0 fully saturated rings. The third-order valence-corrected chi connectivity index (χ3v) is 2.97. The van der Waals surface area contributed by atoms with Gasteiger partial charge in [0.05, 0.1) is 10.6 Å². The van der Waals surface area contributed by atoms with Crippen molar-refractivity contribution in [1.29, 1.82) is 0 Å². The Hall–Kier alpha value is -0.420. The first-order valence-corrected chi connectivity index (χ1v) is 5.48. The van der Waals surface area contributed by atoms with Gasteiger partial charge in [0.25, 0.3) is 0 Å². The molecule has 0 saturated heterocycles. The molecule has 0 heterocycles. The van der Waals surface area contributed by atoms with Gasteiger partial charge in [0.1, 0.15) is 10.4 Å². The fourth-order valence-corrected chi connectivity index (χ4v) is 2.03. The largest absolute Gasteiger partial charge is 0.594 e. The van der Waals surface area contributed by atoms with Crippen LogP contribution in [0.4, 0.5) is 0 Å². The first-order valence-electron chi connectivity index (χ1n) is 3.13. The van der Waals surface area contributed by atoms with Crippen LogP contribution in [0.1, 0.15) is 10.4 Å². The molecule has 6 heteroatoms. The van der Waals surface area contributed by atoms with Crippen LogP contribution >= 0.6 is 22.3 Å². The smallest absolute Gasteiger partial charge is 0.335 e. The molecule has 0 amide bonds. The van der Waals surface area contributed by atoms with Crippen molar-refractivity contribution in [2.24, 2.45) is 0 Å². The Morgan fingerprint density at radius 3 is 2.62 bits per heavy atom. The Kier molecular flexibility index (Phi) is 3.44. The van der Waals surface area contributed by atoms with E-state index in [0.29, 0.717) is 0 Å². The van der Waals surface area contributed by atoms with Gasteiger partial charge < -0.3 is 9.66 Å². The molecule has 1 aromatic rings. The highest BCUT2D eigenvalue weighted by atomic mass is 35.7. The summed E-state index contributed by atoms with van der Waals surface area (Å²) in [5.74, 6) is -1.11. The molecular formula is C7H4Cl2O3S. The lowest BCUT2D eigenvalue weighted by atomic mass is 10.2. The van der Waals surface area contributed by atoms with Crippen molar-refractivity contribution in [3.05, 3.63) is 28.8 Å². The van der Waals surface area contributed by atoms with Gasteiger partial charge in [0.15, 0.2) is 15.6 Å². The lowest BCUT2D eigenvalue weighted by Crippen LogP contribution is -1.99. The number of carboxylic acid groups (broad SMARTS) is 1. The fraction of sp³-hybridized carbons (Fsp3) is 0. The molecule has 70 valence electrons. The van der Waals surface area contributed by atoms with Crippen molar-refractivity contribution in [2.45, 2.75) is 4.90 Å². The molecule has 0 aliphatic carbocycles. The monoisotopic (exact) mass is 238 g/mol.